The van der Waals surface area contributed by atoms with Gasteiger partial charge in [-0.25, -0.2) is 4.98 Å². The van der Waals surface area contributed by atoms with Crippen LogP contribution in [0.15, 0.2) is 33.7 Å². The van der Waals surface area contributed by atoms with Crippen molar-refractivity contribution in [2.75, 3.05) is 13.2 Å². The highest BCUT2D eigenvalue weighted by Crippen LogP contribution is 2.61. The standard InChI is InChI=1S/C13H16BrN2O3PS2/c1-3-18-20(21,19-4-2)22-9-10-12(14)13(17)16-8-6-5-7-11(16)15-10/h5-8H,3-4,9H2,1-2H3. The topological polar surface area (TPSA) is 52.8 Å². The fraction of sp³-hybridized carbons (Fsp3) is 0.385. The van der Waals surface area contributed by atoms with E-state index < -0.39 is 5.69 Å². The van der Waals surface area contributed by atoms with E-state index in [1.807, 2.05) is 19.9 Å². The largest absolute Gasteiger partial charge is 0.322 e. The summed E-state index contributed by atoms with van der Waals surface area (Å²) in [7, 11) is 0. The zero-order valence-corrected chi connectivity index (χ0v) is 16.3. The van der Waals surface area contributed by atoms with Crippen molar-refractivity contribution in [3.8, 4) is 0 Å². The van der Waals surface area contributed by atoms with E-state index in [4.69, 9.17) is 20.9 Å². The summed E-state index contributed by atoms with van der Waals surface area (Å²) >= 11 is 10.2. The monoisotopic (exact) mass is 422 g/mol. The smallest absolute Gasteiger partial charge is 0.272 e. The van der Waals surface area contributed by atoms with Gasteiger partial charge in [-0.3, -0.25) is 9.20 Å². The molecule has 0 saturated carbocycles. The van der Waals surface area contributed by atoms with E-state index in [0.717, 1.165) is 0 Å². The highest BCUT2D eigenvalue weighted by molar-refractivity contribution is 9.10. The van der Waals surface area contributed by atoms with Crippen LogP contribution in [-0.4, -0.2) is 22.6 Å². The second kappa shape index (κ2) is 8.04. The Bertz CT molecular complexity index is 759. The molecule has 2 heterocycles. The molecule has 0 aliphatic rings. The Morgan fingerprint density at radius 2 is 2.05 bits per heavy atom. The van der Waals surface area contributed by atoms with Crippen molar-refractivity contribution < 1.29 is 9.05 Å². The molecule has 2 aromatic heterocycles. The summed E-state index contributed by atoms with van der Waals surface area (Å²) in [5, 5.41) is 0. The van der Waals surface area contributed by atoms with Crippen LogP contribution in [0.2, 0.25) is 0 Å². The van der Waals surface area contributed by atoms with Gasteiger partial charge in [0.05, 0.1) is 18.9 Å². The minimum absolute atomic E-state index is 0.137. The molecule has 5 nitrogen and oxygen atoms in total. The quantitative estimate of drug-likeness (QED) is 0.628. The Kier molecular flexibility index (Phi) is 6.61. The lowest BCUT2D eigenvalue weighted by Gasteiger charge is -2.19. The van der Waals surface area contributed by atoms with Crippen molar-refractivity contribution in [2.24, 2.45) is 0 Å². The summed E-state index contributed by atoms with van der Waals surface area (Å²) in [5.74, 6) is 0.457. The number of rotatable bonds is 7. The number of fused-ring (bicyclic) bond motifs is 1. The first-order valence-electron chi connectivity index (χ1n) is 6.70. The van der Waals surface area contributed by atoms with Crippen LogP contribution in [0.5, 0.6) is 0 Å². The Morgan fingerprint density at radius 3 is 2.68 bits per heavy atom. The van der Waals surface area contributed by atoms with E-state index >= 15 is 0 Å². The fourth-order valence-corrected chi connectivity index (χ4v) is 6.76. The third kappa shape index (κ3) is 4.19. The summed E-state index contributed by atoms with van der Waals surface area (Å²) < 4.78 is 13.1. The van der Waals surface area contributed by atoms with Gasteiger partial charge in [0.1, 0.15) is 10.1 Å². The Morgan fingerprint density at radius 1 is 1.36 bits per heavy atom. The van der Waals surface area contributed by atoms with Crippen LogP contribution in [0.4, 0.5) is 0 Å². The lowest BCUT2D eigenvalue weighted by molar-refractivity contribution is 0.280. The van der Waals surface area contributed by atoms with Crippen molar-refractivity contribution in [1.82, 2.24) is 9.38 Å². The third-order valence-electron chi connectivity index (χ3n) is 2.68. The van der Waals surface area contributed by atoms with E-state index in [1.165, 1.54) is 15.8 Å². The van der Waals surface area contributed by atoms with Crippen LogP contribution >= 0.6 is 33.0 Å². The minimum atomic E-state index is -2.40. The fourth-order valence-electron chi connectivity index (χ4n) is 1.78. The van der Waals surface area contributed by atoms with Crippen molar-refractivity contribution in [3.05, 3.63) is 44.9 Å². The minimum Gasteiger partial charge on any atom is -0.322 e. The maximum Gasteiger partial charge on any atom is 0.272 e. The van der Waals surface area contributed by atoms with Gasteiger partial charge in [-0.15, -0.1) is 0 Å². The Hall–Kier alpha value is -0.240. The van der Waals surface area contributed by atoms with E-state index in [0.29, 0.717) is 34.8 Å². The predicted molar refractivity (Wildman–Crippen MR) is 98.0 cm³/mol. The molecule has 0 aliphatic heterocycles. The van der Waals surface area contributed by atoms with Gasteiger partial charge in [0.25, 0.3) is 5.56 Å². The number of nitrogens with zero attached hydrogens (tertiary/aromatic N) is 2. The van der Waals surface area contributed by atoms with Crippen LogP contribution in [0.25, 0.3) is 5.65 Å². The number of pyridine rings is 1. The normalized spacial score (nSPS) is 12.0. The first-order chi connectivity index (χ1) is 10.5. The predicted octanol–water partition coefficient (Wildman–Crippen LogP) is 3.99. The molecule has 22 heavy (non-hydrogen) atoms. The molecule has 0 aromatic carbocycles. The molecule has 0 atom stereocenters. The molecule has 9 heteroatoms. The summed E-state index contributed by atoms with van der Waals surface area (Å²) in [6.45, 7) is 4.77. The molecule has 0 saturated heterocycles. The van der Waals surface area contributed by atoms with Crippen molar-refractivity contribution in [1.29, 1.82) is 0 Å². The zero-order chi connectivity index (χ0) is 16.2. The molecule has 0 N–H and O–H groups in total. The molecule has 0 amide bonds. The van der Waals surface area contributed by atoms with Gasteiger partial charge in [0.2, 0.25) is 5.69 Å². The summed E-state index contributed by atoms with van der Waals surface area (Å²) in [4.78, 5) is 16.8. The summed E-state index contributed by atoms with van der Waals surface area (Å²) in [6.07, 6.45) is 1.69. The van der Waals surface area contributed by atoms with E-state index in [9.17, 15) is 4.79 Å². The van der Waals surface area contributed by atoms with Crippen LogP contribution in [-0.2, 0) is 26.6 Å². The molecule has 2 aromatic rings. The molecule has 0 spiro atoms. The zero-order valence-electron chi connectivity index (χ0n) is 12.2. The Labute approximate surface area is 146 Å². The molecule has 0 fully saturated rings. The van der Waals surface area contributed by atoms with E-state index in [-0.39, 0.29) is 5.56 Å². The van der Waals surface area contributed by atoms with Crippen LogP contribution in [0, 0.1) is 0 Å². The van der Waals surface area contributed by atoms with Gasteiger partial charge in [-0.2, -0.15) is 0 Å². The van der Waals surface area contributed by atoms with Crippen LogP contribution in [0.1, 0.15) is 19.5 Å². The van der Waals surface area contributed by atoms with Gasteiger partial charge in [-0.05, 0) is 53.7 Å². The maximum absolute atomic E-state index is 12.3. The van der Waals surface area contributed by atoms with Crippen molar-refractivity contribution in [2.45, 2.75) is 19.6 Å². The van der Waals surface area contributed by atoms with Gasteiger partial charge in [0.15, 0.2) is 0 Å². The van der Waals surface area contributed by atoms with Crippen molar-refractivity contribution in [3.63, 3.8) is 0 Å². The molecule has 0 unspecified atom stereocenters. The third-order valence-corrected chi connectivity index (χ3v) is 8.90. The molecule has 120 valence electrons. The van der Waals surface area contributed by atoms with Gasteiger partial charge < -0.3 is 9.05 Å². The van der Waals surface area contributed by atoms with Gasteiger partial charge in [-0.1, -0.05) is 17.4 Å². The Balaban J connectivity index is 2.30. The first kappa shape index (κ1) is 18.1. The molecular formula is C13H16BrN2O3PS2. The highest BCUT2D eigenvalue weighted by Gasteiger charge is 2.21. The summed E-state index contributed by atoms with van der Waals surface area (Å²) in [6, 6.07) is 5.43. The van der Waals surface area contributed by atoms with E-state index in [2.05, 4.69) is 20.9 Å². The van der Waals surface area contributed by atoms with Crippen LogP contribution < -0.4 is 5.56 Å². The number of hydrogen-bond donors (Lipinski definition) is 0. The second-order valence-electron chi connectivity index (χ2n) is 4.16. The number of aromatic nitrogens is 2. The van der Waals surface area contributed by atoms with Crippen molar-refractivity contribution >= 4 is 50.5 Å². The average molecular weight is 423 g/mol. The molecule has 0 bridgehead atoms. The highest BCUT2D eigenvalue weighted by atomic mass is 79.9. The van der Waals surface area contributed by atoms with E-state index in [1.54, 1.807) is 18.3 Å². The summed E-state index contributed by atoms with van der Waals surface area (Å²) in [5.41, 5.74) is -1.28. The molecule has 0 aliphatic carbocycles. The van der Waals surface area contributed by atoms with Gasteiger partial charge >= 0.3 is 0 Å². The SMILES string of the molecule is CCOP(=S)(OCC)SCc1nc2ccccn2c(=O)c1Br. The molecule has 0 radical (unpaired) electrons. The lowest BCUT2D eigenvalue weighted by Crippen LogP contribution is -2.17. The second-order valence-corrected chi connectivity index (χ2v) is 11.3. The van der Waals surface area contributed by atoms with Crippen LogP contribution in [0.3, 0.4) is 0 Å². The molecule has 2 rings (SSSR count). The molecular weight excluding hydrogens is 407 g/mol. The maximum atomic E-state index is 12.3. The average Bonchev–Trinajstić information content (AvgIpc) is 2.50. The number of hydrogen-bond acceptors (Lipinski definition) is 6. The first-order valence-corrected chi connectivity index (χ1v) is 11.7. The van der Waals surface area contributed by atoms with Gasteiger partial charge in [0, 0.05) is 11.9 Å². The number of halogens is 1. The lowest BCUT2D eigenvalue weighted by atomic mass is 10.4.